The van der Waals surface area contributed by atoms with Crippen LogP contribution in [0, 0.1) is 11.6 Å². The van der Waals surface area contributed by atoms with Gasteiger partial charge in [0.25, 0.3) is 0 Å². The summed E-state index contributed by atoms with van der Waals surface area (Å²) in [6.45, 7) is 0.725. The highest BCUT2D eigenvalue weighted by molar-refractivity contribution is 7.80. The second-order valence-electron chi connectivity index (χ2n) is 8.74. The van der Waals surface area contributed by atoms with Gasteiger partial charge >= 0.3 is 6.03 Å². The van der Waals surface area contributed by atoms with Gasteiger partial charge in [-0.3, -0.25) is 14.8 Å². The number of hydrogen-bond donors (Lipinski definition) is 1. The Kier molecular flexibility index (Phi) is 6.41. The molecular formula is C27H20F2N6O2S2. The van der Waals surface area contributed by atoms with Gasteiger partial charge in [-0.2, -0.15) is 0 Å². The van der Waals surface area contributed by atoms with Gasteiger partial charge in [-0.1, -0.05) is 0 Å². The highest BCUT2D eigenvalue weighted by Gasteiger charge is 2.32. The molecule has 4 heterocycles. The number of carbonyl (C=O) groups is 1. The predicted octanol–water partition coefficient (Wildman–Crippen LogP) is 6.41. The number of anilines is 2. The number of urea groups is 1. The Morgan fingerprint density at radius 1 is 1.03 bits per heavy atom. The first-order valence-electron chi connectivity index (χ1n) is 11.9. The Hall–Kier alpha value is -4.42. The second-order valence-corrected chi connectivity index (χ2v) is 10.2. The van der Waals surface area contributed by atoms with Crippen LogP contribution in [0.1, 0.15) is 0 Å². The molecule has 1 saturated heterocycles. The van der Waals surface area contributed by atoms with E-state index in [-0.39, 0.29) is 22.7 Å². The van der Waals surface area contributed by atoms with Crippen LogP contribution in [0.3, 0.4) is 0 Å². The summed E-state index contributed by atoms with van der Waals surface area (Å²) in [5.74, 6) is 0.328. The van der Waals surface area contributed by atoms with Crippen molar-refractivity contribution in [1.29, 1.82) is 0 Å². The first-order valence-corrected chi connectivity index (χ1v) is 13.1. The van der Waals surface area contributed by atoms with Gasteiger partial charge in [0.2, 0.25) is 0 Å². The van der Waals surface area contributed by atoms with E-state index < -0.39 is 5.82 Å². The van der Waals surface area contributed by atoms with Crippen molar-refractivity contribution in [3.05, 3.63) is 84.8 Å². The molecule has 2 aromatic carbocycles. The molecule has 0 atom stereocenters. The molecule has 6 rings (SSSR count). The Morgan fingerprint density at radius 3 is 2.59 bits per heavy atom. The first kappa shape index (κ1) is 24.9. The largest absolute Gasteiger partial charge is 0.453 e. The number of pyridine rings is 1. The van der Waals surface area contributed by atoms with Crippen LogP contribution in [0.15, 0.2) is 73.2 Å². The van der Waals surface area contributed by atoms with E-state index in [0.717, 1.165) is 20.9 Å². The summed E-state index contributed by atoms with van der Waals surface area (Å²) in [4.78, 5) is 25.5. The molecule has 0 radical (unpaired) electrons. The fourth-order valence-electron chi connectivity index (χ4n) is 4.27. The van der Waals surface area contributed by atoms with Gasteiger partial charge in [0.05, 0.1) is 15.1 Å². The van der Waals surface area contributed by atoms with Crippen molar-refractivity contribution in [1.82, 2.24) is 19.4 Å². The van der Waals surface area contributed by atoms with Crippen molar-refractivity contribution in [3.8, 4) is 22.2 Å². The summed E-state index contributed by atoms with van der Waals surface area (Å²) in [7, 11) is 1.91. The number of ether oxygens (including phenoxy) is 1. The molecule has 196 valence electrons. The van der Waals surface area contributed by atoms with Gasteiger partial charge < -0.3 is 14.6 Å². The highest BCUT2D eigenvalue weighted by Crippen LogP contribution is 2.39. The molecule has 1 fully saturated rings. The van der Waals surface area contributed by atoms with E-state index in [1.54, 1.807) is 24.5 Å². The van der Waals surface area contributed by atoms with Gasteiger partial charge in [0, 0.05) is 62.2 Å². The molecule has 0 bridgehead atoms. The van der Waals surface area contributed by atoms with Crippen molar-refractivity contribution < 1.29 is 18.3 Å². The molecule has 0 saturated carbocycles. The van der Waals surface area contributed by atoms with E-state index in [0.29, 0.717) is 30.2 Å². The van der Waals surface area contributed by atoms with Crippen LogP contribution in [0.25, 0.3) is 20.9 Å². The zero-order valence-electron chi connectivity index (χ0n) is 20.5. The van der Waals surface area contributed by atoms with E-state index in [9.17, 15) is 9.18 Å². The van der Waals surface area contributed by atoms with Gasteiger partial charge in [-0.05, 0) is 54.7 Å². The smallest absolute Gasteiger partial charge is 0.330 e. The SMILES string of the molecule is Cn1ccnc1-c1cc2nccc(Oc3ccc(NC(=S)N4CCN(c5ccc(F)cc5)C4=O)cc3F)c2s1. The van der Waals surface area contributed by atoms with E-state index in [1.165, 1.54) is 57.5 Å². The number of hydrogen-bond acceptors (Lipinski definition) is 6. The molecular weight excluding hydrogens is 542 g/mol. The van der Waals surface area contributed by atoms with Crippen molar-refractivity contribution in [2.45, 2.75) is 0 Å². The standard InChI is InChI=1S/C27H20F2N6O2S2/c1-33-11-10-31-25(33)23-15-20-24(39-23)22(8-9-30-20)37-21-7-4-17(14-19(21)29)32-26(38)35-13-12-34(27(35)36)18-5-2-16(28)3-6-18/h2-11,14-15H,12-13H2,1H3,(H,32,38). The quantitative estimate of drug-likeness (QED) is 0.250. The molecule has 0 aliphatic carbocycles. The molecule has 1 aliphatic rings. The van der Waals surface area contributed by atoms with Crippen LogP contribution in [-0.4, -0.2) is 43.7 Å². The van der Waals surface area contributed by atoms with E-state index in [1.807, 2.05) is 23.9 Å². The first-order chi connectivity index (χ1) is 18.9. The lowest BCUT2D eigenvalue weighted by molar-refractivity contribution is 0.238. The number of rotatable bonds is 5. The van der Waals surface area contributed by atoms with Crippen LogP contribution in [-0.2, 0) is 7.05 Å². The van der Waals surface area contributed by atoms with Crippen molar-refractivity contribution in [2.24, 2.45) is 7.05 Å². The number of imidazole rings is 1. The number of thiocarbonyl (C=S) groups is 1. The highest BCUT2D eigenvalue weighted by atomic mass is 32.1. The van der Waals surface area contributed by atoms with Gasteiger partial charge in [-0.15, -0.1) is 11.3 Å². The molecule has 1 aliphatic heterocycles. The van der Waals surface area contributed by atoms with Crippen molar-refractivity contribution in [3.63, 3.8) is 0 Å². The minimum Gasteiger partial charge on any atom is -0.453 e. The molecule has 1 N–H and O–H groups in total. The average Bonchev–Trinajstić information content (AvgIpc) is 3.64. The van der Waals surface area contributed by atoms with Crippen molar-refractivity contribution in [2.75, 3.05) is 23.3 Å². The minimum absolute atomic E-state index is 0.0330. The molecule has 39 heavy (non-hydrogen) atoms. The fourth-order valence-corrected chi connectivity index (χ4v) is 5.66. The summed E-state index contributed by atoms with van der Waals surface area (Å²) in [6, 6.07) is 13.3. The molecule has 5 aromatic rings. The number of benzene rings is 2. The fraction of sp³-hybridized carbons (Fsp3) is 0.111. The van der Waals surface area contributed by atoms with Crippen LogP contribution in [0.5, 0.6) is 11.5 Å². The van der Waals surface area contributed by atoms with Gasteiger partial charge in [-0.25, -0.2) is 18.6 Å². The van der Waals surface area contributed by atoms with Gasteiger partial charge in [0.1, 0.15) is 17.4 Å². The van der Waals surface area contributed by atoms with Crippen molar-refractivity contribution >= 4 is 56.3 Å². The topological polar surface area (TPSA) is 75.5 Å². The maximum Gasteiger partial charge on any atom is 0.330 e. The van der Waals surface area contributed by atoms with Crippen LogP contribution < -0.4 is 15.0 Å². The Balaban J connectivity index is 1.16. The number of fused-ring (bicyclic) bond motifs is 1. The maximum absolute atomic E-state index is 15.1. The zero-order chi connectivity index (χ0) is 27.1. The molecule has 3 aromatic heterocycles. The third-order valence-corrected chi connectivity index (χ3v) is 7.67. The number of nitrogens with zero attached hydrogens (tertiary/aromatic N) is 5. The summed E-state index contributed by atoms with van der Waals surface area (Å²) < 4.78 is 37.0. The normalized spacial score (nSPS) is 13.4. The van der Waals surface area contributed by atoms with Gasteiger partial charge in [0.15, 0.2) is 16.7 Å². The summed E-state index contributed by atoms with van der Waals surface area (Å²) >= 11 is 6.88. The lowest BCUT2D eigenvalue weighted by Crippen LogP contribution is -2.38. The minimum atomic E-state index is -0.602. The Bertz CT molecular complexity index is 1720. The molecule has 2 amide bonds. The summed E-state index contributed by atoms with van der Waals surface area (Å²) in [5.41, 5.74) is 1.66. The number of nitrogens with one attached hydrogen (secondary N) is 1. The third kappa shape index (κ3) is 4.79. The molecule has 8 nitrogen and oxygen atoms in total. The number of aryl methyl sites for hydroxylation is 1. The van der Waals surface area contributed by atoms with E-state index in [2.05, 4.69) is 15.3 Å². The number of halogens is 2. The van der Waals surface area contributed by atoms with E-state index >= 15 is 4.39 Å². The van der Waals surface area contributed by atoms with Crippen LogP contribution >= 0.6 is 23.6 Å². The molecule has 12 heteroatoms. The van der Waals surface area contributed by atoms with Crippen LogP contribution in [0.4, 0.5) is 25.0 Å². The lowest BCUT2D eigenvalue weighted by atomic mass is 10.3. The predicted molar refractivity (Wildman–Crippen MR) is 150 cm³/mol. The maximum atomic E-state index is 15.1. The second kappa shape index (κ2) is 10.0. The number of carbonyl (C=O) groups excluding carboxylic acids is 1. The number of amides is 2. The zero-order valence-corrected chi connectivity index (χ0v) is 22.1. The molecule has 0 unspecified atom stereocenters. The summed E-state index contributed by atoms with van der Waals surface area (Å²) in [6.07, 6.45) is 5.20. The van der Waals surface area contributed by atoms with E-state index in [4.69, 9.17) is 17.0 Å². The van der Waals surface area contributed by atoms with Crippen LogP contribution in [0.2, 0.25) is 0 Å². The third-order valence-electron chi connectivity index (χ3n) is 6.21. The monoisotopic (exact) mass is 562 g/mol. The number of aromatic nitrogens is 3. The Labute approximate surface area is 231 Å². The lowest BCUT2D eigenvalue weighted by Gasteiger charge is -2.20. The Morgan fingerprint density at radius 2 is 1.85 bits per heavy atom. The molecule has 0 spiro atoms. The summed E-state index contributed by atoms with van der Waals surface area (Å²) in [5, 5.41) is 3.05. The average molecular weight is 563 g/mol. The number of thiophene rings is 1.